The number of rotatable bonds is 2. The summed E-state index contributed by atoms with van der Waals surface area (Å²) >= 11 is 3.49. The topological polar surface area (TPSA) is 17.1 Å². The monoisotopic (exact) mass is 332 g/mol. The molecular weight excluding hydrogens is 312 g/mol. The molecule has 0 spiro atoms. The van der Waals surface area contributed by atoms with Crippen molar-refractivity contribution in [2.24, 2.45) is 11.8 Å². The molecule has 1 nitrogen and oxygen atoms in total. The van der Waals surface area contributed by atoms with E-state index < -0.39 is 0 Å². The van der Waals surface area contributed by atoms with Gasteiger partial charge in [-0.1, -0.05) is 55.8 Å². The van der Waals surface area contributed by atoms with Gasteiger partial charge in [0.1, 0.15) is 0 Å². The first-order valence-corrected chi connectivity index (χ1v) is 7.94. The lowest BCUT2D eigenvalue weighted by atomic mass is 9.81. The van der Waals surface area contributed by atoms with Crippen molar-refractivity contribution < 1.29 is 4.79 Å². The van der Waals surface area contributed by atoms with Gasteiger partial charge in [-0.25, -0.2) is 0 Å². The summed E-state index contributed by atoms with van der Waals surface area (Å²) in [4.78, 5) is 12.5. The smallest absolute Gasteiger partial charge is 0.185 e. The lowest BCUT2D eigenvalue weighted by molar-refractivity contribution is -0.113. The highest BCUT2D eigenvalue weighted by molar-refractivity contribution is 9.11. The summed E-state index contributed by atoms with van der Waals surface area (Å²) in [6, 6.07) is 0. The van der Waals surface area contributed by atoms with Crippen LogP contribution in [0.2, 0.25) is 0 Å². The Bertz CT molecular complexity index is 551. The van der Waals surface area contributed by atoms with Gasteiger partial charge in [0.25, 0.3) is 0 Å². The Morgan fingerprint density at radius 2 is 1.55 bits per heavy atom. The van der Waals surface area contributed by atoms with Crippen LogP contribution in [0.4, 0.5) is 0 Å². The van der Waals surface area contributed by atoms with Gasteiger partial charge < -0.3 is 0 Å². The second kappa shape index (κ2) is 6.09. The summed E-state index contributed by atoms with van der Waals surface area (Å²) in [5.41, 5.74) is 4.32. The lowest BCUT2D eigenvalue weighted by Gasteiger charge is -2.22. The van der Waals surface area contributed by atoms with Gasteiger partial charge in [-0.3, -0.25) is 4.79 Å². The molecule has 2 rings (SSSR count). The molecule has 0 fully saturated rings. The number of hydrogen-bond donors (Lipinski definition) is 0. The molecule has 0 atom stereocenters. The molecule has 2 heteroatoms. The van der Waals surface area contributed by atoms with Crippen LogP contribution in [-0.4, -0.2) is 5.78 Å². The van der Waals surface area contributed by atoms with Crippen LogP contribution in [0.3, 0.4) is 0 Å². The maximum Gasteiger partial charge on any atom is 0.185 e. The predicted octanol–water partition coefficient (Wildman–Crippen LogP) is 5.27. The zero-order chi connectivity index (χ0) is 14.9. The third-order valence-electron chi connectivity index (χ3n) is 3.72. The SMILES string of the molecule is CC(C)C1=CC(=C2C=CC(Br)=CC2)C=C(C(C)C)C1=O. The van der Waals surface area contributed by atoms with Crippen LogP contribution in [0.25, 0.3) is 0 Å². The molecule has 0 N–H and O–H groups in total. The van der Waals surface area contributed by atoms with Gasteiger partial charge in [0, 0.05) is 15.6 Å². The van der Waals surface area contributed by atoms with E-state index in [-0.39, 0.29) is 17.6 Å². The van der Waals surface area contributed by atoms with Crippen LogP contribution in [-0.2, 0) is 4.79 Å². The van der Waals surface area contributed by atoms with Gasteiger partial charge in [0.05, 0.1) is 0 Å². The molecule has 0 aromatic carbocycles. The van der Waals surface area contributed by atoms with Crippen LogP contribution >= 0.6 is 15.9 Å². The lowest BCUT2D eigenvalue weighted by Crippen LogP contribution is -2.18. The first kappa shape index (κ1) is 15.2. The summed E-state index contributed by atoms with van der Waals surface area (Å²) < 4.78 is 1.12. The second-order valence-electron chi connectivity index (χ2n) is 5.94. The van der Waals surface area contributed by atoms with Gasteiger partial charge in [-0.05, 0) is 47.6 Å². The molecule has 0 radical (unpaired) electrons. The van der Waals surface area contributed by atoms with Gasteiger partial charge in [0.2, 0.25) is 0 Å². The van der Waals surface area contributed by atoms with Crippen molar-refractivity contribution in [1.29, 1.82) is 0 Å². The Labute approximate surface area is 130 Å². The Balaban J connectivity index is 2.49. The highest BCUT2D eigenvalue weighted by atomic mass is 79.9. The van der Waals surface area contributed by atoms with Gasteiger partial charge in [-0.15, -0.1) is 0 Å². The van der Waals surface area contributed by atoms with Crippen molar-refractivity contribution in [3.8, 4) is 0 Å². The first-order chi connectivity index (χ1) is 9.40. The van der Waals surface area contributed by atoms with Crippen LogP contribution in [0.1, 0.15) is 34.1 Å². The van der Waals surface area contributed by atoms with Crippen molar-refractivity contribution in [1.82, 2.24) is 0 Å². The fourth-order valence-electron chi connectivity index (χ4n) is 2.46. The molecule has 0 aromatic heterocycles. The van der Waals surface area contributed by atoms with Gasteiger partial charge in [-0.2, -0.15) is 0 Å². The molecule has 0 heterocycles. The average Bonchev–Trinajstić information content (AvgIpc) is 2.39. The van der Waals surface area contributed by atoms with Crippen molar-refractivity contribution >= 4 is 21.7 Å². The van der Waals surface area contributed by atoms with E-state index in [0.717, 1.165) is 22.0 Å². The quantitative estimate of drug-likeness (QED) is 0.673. The van der Waals surface area contributed by atoms with Crippen LogP contribution in [0.15, 0.2) is 57.2 Å². The predicted molar refractivity (Wildman–Crippen MR) is 88.6 cm³/mol. The van der Waals surface area contributed by atoms with Gasteiger partial charge >= 0.3 is 0 Å². The fraction of sp³-hybridized carbons (Fsp3) is 0.389. The van der Waals surface area contributed by atoms with Crippen LogP contribution in [0.5, 0.6) is 0 Å². The number of carbonyl (C=O) groups is 1. The summed E-state index contributed by atoms with van der Waals surface area (Å²) in [5, 5.41) is 0. The summed E-state index contributed by atoms with van der Waals surface area (Å²) in [6.45, 7) is 8.34. The van der Waals surface area contributed by atoms with E-state index in [1.165, 1.54) is 11.1 Å². The fourth-order valence-corrected chi connectivity index (χ4v) is 2.75. The Morgan fingerprint density at radius 1 is 1.00 bits per heavy atom. The largest absolute Gasteiger partial charge is 0.289 e. The van der Waals surface area contributed by atoms with Crippen molar-refractivity contribution in [2.45, 2.75) is 34.1 Å². The van der Waals surface area contributed by atoms with Crippen LogP contribution < -0.4 is 0 Å². The van der Waals surface area contributed by atoms with Crippen molar-refractivity contribution in [3.05, 3.63) is 57.2 Å². The summed E-state index contributed by atoms with van der Waals surface area (Å²) in [6.07, 6.45) is 11.4. The molecule has 0 aliphatic heterocycles. The van der Waals surface area contributed by atoms with E-state index in [2.05, 4.69) is 74.0 Å². The van der Waals surface area contributed by atoms with E-state index in [4.69, 9.17) is 0 Å². The maximum absolute atomic E-state index is 12.5. The third-order valence-corrected chi connectivity index (χ3v) is 4.31. The Kier molecular flexibility index (Phi) is 4.64. The van der Waals surface area contributed by atoms with E-state index in [1.807, 2.05) is 0 Å². The highest BCUT2D eigenvalue weighted by Crippen LogP contribution is 2.32. The summed E-state index contributed by atoms with van der Waals surface area (Å²) in [5.74, 6) is 0.738. The van der Waals surface area contributed by atoms with E-state index in [0.29, 0.717) is 0 Å². The summed E-state index contributed by atoms with van der Waals surface area (Å²) in [7, 11) is 0. The number of Topliss-reactive ketones (excluding diaryl/α,β-unsaturated/α-hetero) is 1. The maximum atomic E-state index is 12.5. The molecule has 2 aliphatic rings. The number of ketones is 1. The number of hydrogen-bond acceptors (Lipinski definition) is 1. The minimum absolute atomic E-state index is 0.218. The van der Waals surface area contributed by atoms with E-state index in [1.54, 1.807) is 0 Å². The molecule has 0 aromatic rings. The van der Waals surface area contributed by atoms with Gasteiger partial charge in [0.15, 0.2) is 5.78 Å². The number of halogens is 1. The van der Waals surface area contributed by atoms with E-state index >= 15 is 0 Å². The average molecular weight is 333 g/mol. The number of carbonyl (C=O) groups excluding carboxylic acids is 1. The van der Waals surface area contributed by atoms with Crippen LogP contribution in [0, 0.1) is 11.8 Å². The molecule has 20 heavy (non-hydrogen) atoms. The Hall–Kier alpha value is -1.15. The third kappa shape index (κ3) is 3.12. The highest BCUT2D eigenvalue weighted by Gasteiger charge is 2.24. The number of allylic oxidation sites excluding steroid dienone is 10. The Morgan fingerprint density at radius 3 is 1.95 bits per heavy atom. The standard InChI is InChI=1S/C18H21BrO/c1-11(2)16-9-14(10-17(12(3)4)18(16)20)13-5-7-15(19)8-6-13/h5,7-12H,6H2,1-4H3. The first-order valence-electron chi connectivity index (χ1n) is 7.15. The molecule has 0 amide bonds. The zero-order valence-electron chi connectivity index (χ0n) is 12.5. The van der Waals surface area contributed by atoms with Crippen molar-refractivity contribution in [2.75, 3.05) is 0 Å². The molecule has 106 valence electrons. The zero-order valence-corrected chi connectivity index (χ0v) is 14.1. The molecule has 0 saturated carbocycles. The molecule has 2 aliphatic carbocycles. The second-order valence-corrected chi connectivity index (χ2v) is 6.86. The van der Waals surface area contributed by atoms with Crippen molar-refractivity contribution in [3.63, 3.8) is 0 Å². The molecule has 0 saturated heterocycles. The minimum atomic E-state index is 0.218. The van der Waals surface area contributed by atoms with E-state index in [9.17, 15) is 4.79 Å². The molecule has 0 bridgehead atoms. The minimum Gasteiger partial charge on any atom is -0.289 e. The molecular formula is C18H21BrO. The molecule has 0 unspecified atom stereocenters. The normalized spacial score (nSPS) is 19.6.